The number of hydrogen-bond donors (Lipinski definition) is 1. The quantitative estimate of drug-likeness (QED) is 0.703. The molecule has 1 amide bonds. The molecule has 0 bridgehead atoms. The minimum atomic E-state index is -3.02. The van der Waals surface area contributed by atoms with Gasteiger partial charge in [0.05, 0.1) is 11.5 Å². The highest BCUT2D eigenvalue weighted by Gasteiger charge is 2.33. The number of amides is 1. The molecule has 1 heterocycles. The zero-order chi connectivity index (χ0) is 20.7. The van der Waals surface area contributed by atoms with Crippen LogP contribution in [0.15, 0.2) is 60.7 Å². The molecule has 5 rings (SSSR count). The molecule has 0 spiro atoms. The second-order valence-electron chi connectivity index (χ2n) is 8.10. The molecule has 5 nitrogen and oxygen atoms in total. The Labute approximate surface area is 176 Å². The van der Waals surface area contributed by atoms with Gasteiger partial charge in [0.25, 0.3) is 0 Å². The van der Waals surface area contributed by atoms with E-state index in [-0.39, 0.29) is 17.4 Å². The molecule has 0 aromatic heterocycles. The molecule has 30 heavy (non-hydrogen) atoms. The van der Waals surface area contributed by atoms with Crippen molar-refractivity contribution in [3.05, 3.63) is 77.4 Å². The van der Waals surface area contributed by atoms with Gasteiger partial charge in [0.15, 0.2) is 9.84 Å². The fourth-order valence-electron chi connectivity index (χ4n) is 4.71. The summed E-state index contributed by atoms with van der Waals surface area (Å²) in [5.74, 6) is 0.0501. The number of carbonyl (C=O) groups excluding carboxylic acids is 1. The summed E-state index contributed by atoms with van der Waals surface area (Å²) in [4.78, 5) is 15.5. The number of anilines is 1. The first-order valence-electron chi connectivity index (χ1n) is 10.4. The van der Waals surface area contributed by atoms with Crippen molar-refractivity contribution in [3.8, 4) is 0 Å². The fourth-order valence-corrected chi connectivity index (χ4v) is 5.93. The van der Waals surface area contributed by atoms with Gasteiger partial charge in [-0.15, -0.1) is 0 Å². The summed E-state index contributed by atoms with van der Waals surface area (Å²) >= 11 is 0. The van der Waals surface area contributed by atoms with Crippen molar-refractivity contribution in [2.24, 2.45) is 0 Å². The van der Waals surface area contributed by atoms with Crippen molar-refractivity contribution in [2.45, 2.75) is 18.9 Å². The van der Waals surface area contributed by atoms with Crippen molar-refractivity contribution < 1.29 is 13.2 Å². The highest BCUT2D eigenvalue weighted by atomic mass is 32.2. The second kappa shape index (κ2) is 7.52. The molecule has 1 saturated heterocycles. The predicted molar refractivity (Wildman–Crippen MR) is 119 cm³/mol. The molecule has 1 aliphatic carbocycles. The van der Waals surface area contributed by atoms with Crippen molar-refractivity contribution in [3.63, 3.8) is 0 Å². The lowest BCUT2D eigenvalue weighted by Gasteiger charge is -2.33. The summed E-state index contributed by atoms with van der Waals surface area (Å²) in [5, 5.41) is 5.49. The average molecular weight is 421 g/mol. The normalized spacial score (nSPS) is 18.9. The summed E-state index contributed by atoms with van der Waals surface area (Å²) in [6.07, 6.45) is 2.08. The third-order valence-corrected chi connectivity index (χ3v) is 7.85. The third kappa shape index (κ3) is 3.50. The summed E-state index contributed by atoms with van der Waals surface area (Å²) in [5.41, 5.74) is 4.35. The third-order valence-electron chi connectivity index (χ3n) is 6.24. The highest BCUT2D eigenvalue weighted by Crippen LogP contribution is 2.35. The maximum absolute atomic E-state index is 13.5. The molecule has 6 heteroatoms. The van der Waals surface area contributed by atoms with E-state index in [2.05, 4.69) is 23.5 Å². The van der Waals surface area contributed by atoms with E-state index in [1.165, 1.54) is 16.5 Å². The van der Waals surface area contributed by atoms with Gasteiger partial charge < -0.3 is 5.32 Å². The molecule has 154 valence electrons. The van der Waals surface area contributed by atoms with Gasteiger partial charge in [0.2, 0.25) is 5.91 Å². The maximum Gasteiger partial charge on any atom is 0.246 e. The molecular formula is C24H24N2O3S. The van der Waals surface area contributed by atoms with E-state index in [4.69, 9.17) is 0 Å². The van der Waals surface area contributed by atoms with Crippen LogP contribution < -0.4 is 5.32 Å². The Balaban J connectivity index is 1.49. The van der Waals surface area contributed by atoms with Crippen LogP contribution in [0.2, 0.25) is 0 Å². The van der Waals surface area contributed by atoms with E-state index in [0.717, 1.165) is 29.5 Å². The van der Waals surface area contributed by atoms with Crippen molar-refractivity contribution in [1.29, 1.82) is 0 Å². The van der Waals surface area contributed by atoms with Gasteiger partial charge in [-0.05, 0) is 41.0 Å². The fraction of sp³-hybridized carbons (Fsp3) is 0.292. The molecule has 1 fully saturated rings. The van der Waals surface area contributed by atoms with Gasteiger partial charge in [-0.1, -0.05) is 54.6 Å². The monoisotopic (exact) mass is 420 g/mol. The molecule has 0 radical (unpaired) electrons. The zero-order valence-electron chi connectivity index (χ0n) is 16.7. The number of rotatable bonds is 4. The Bertz CT molecular complexity index is 1200. The van der Waals surface area contributed by atoms with E-state index in [0.29, 0.717) is 13.1 Å². The highest BCUT2D eigenvalue weighted by molar-refractivity contribution is 7.91. The molecule has 1 aliphatic heterocycles. The topological polar surface area (TPSA) is 66.5 Å². The van der Waals surface area contributed by atoms with E-state index < -0.39 is 15.9 Å². The molecule has 0 saturated carbocycles. The lowest BCUT2D eigenvalue weighted by molar-refractivity contribution is -0.121. The van der Waals surface area contributed by atoms with Crippen molar-refractivity contribution in [2.75, 3.05) is 29.9 Å². The summed E-state index contributed by atoms with van der Waals surface area (Å²) < 4.78 is 23.8. The molecular weight excluding hydrogens is 396 g/mol. The van der Waals surface area contributed by atoms with Crippen molar-refractivity contribution in [1.82, 2.24) is 4.90 Å². The summed E-state index contributed by atoms with van der Waals surface area (Å²) in [6, 6.07) is 19.5. The van der Waals surface area contributed by atoms with Gasteiger partial charge in [-0.2, -0.15) is 0 Å². The number of hydrogen-bond acceptors (Lipinski definition) is 4. The van der Waals surface area contributed by atoms with Crippen LogP contribution in [0.25, 0.3) is 10.8 Å². The minimum Gasteiger partial charge on any atom is -0.324 e. The zero-order valence-corrected chi connectivity index (χ0v) is 17.5. The van der Waals surface area contributed by atoms with Crippen molar-refractivity contribution >= 4 is 32.2 Å². The number of benzene rings is 3. The SMILES string of the molecule is O=C(Nc1ccc2c3c(cccc13)CC2)C(c1ccccc1)N1CCS(=O)(=O)CC1. The van der Waals surface area contributed by atoms with E-state index >= 15 is 0 Å². The van der Waals surface area contributed by atoms with Crippen LogP contribution >= 0.6 is 0 Å². The van der Waals surface area contributed by atoms with Crippen LogP contribution in [0, 0.1) is 0 Å². The van der Waals surface area contributed by atoms with Crippen LogP contribution in [-0.4, -0.2) is 43.8 Å². The van der Waals surface area contributed by atoms with Gasteiger partial charge in [0.1, 0.15) is 6.04 Å². The van der Waals surface area contributed by atoms with Crippen LogP contribution in [-0.2, 0) is 27.5 Å². The van der Waals surface area contributed by atoms with E-state index in [9.17, 15) is 13.2 Å². The van der Waals surface area contributed by atoms with Crippen LogP contribution in [0.3, 0.4) is 0 Å². The minimum absolute atomic E-state index is 0.0879. The number of sulfone groups is 1. The number of nitrogens with one attached hydrogen (secondary N) is 1. The first-order valence-corrected chi connectivity index (χ1v) is 12.2. The second-order valence-corrected chi connectivity index (χ2v) is 10.4. The van der Waals surface area contributed by atoms with E-state index in [1.807, 2.05) is 47.4 Å². The Morgan fingerprint density at radius 3 is 2.30 bits per heavy atom. The Kier molecular flexibility index (Phi) is 4.83. The van der Waals surface area contributed by atoms with Gasteiger partial charge in [0, 0.05) is 24.2 Å². The average Bonchev–Trinajstić information content (AvgIpc) is 3.17. The number of carbonyl (C=O) groups is 1. The maximum atomic E-state index is 13.5. The standard InChI is InChI=1S/C24H24N2O3S/c27-24(25-21-12-11-18-10-9-17-7-4-8-20(21)22(17)18)23(19-5-2-1-3-6-19)26-13-15-30(28,29)16-14-26/h1-8,11-12,23H,9-10,13-16H2,(H,25,27). The summed E-state index contributed by atoms with van der Waals surface area (Å²) in [6.45, 7) is 0.721. The molecule has 1 N–H and O–H groups in total. The first-order chi connectivity index (χ1) is 14.5. The number of nitrogens with zero attached hydrogens (tertiary/aromatic N) is 1. The Morgan fingerprint density at radius 2 is 1.57 bits per heavy atom. The molecule has 3 aromatic rings. The molecule has 1 unspecified atom stereocenters. The van der Waals surface area contributed by atoms with Crippen LogP contribution in [0.5, 0.6) is 0 Å². The van der Waals surface area contributed by atoms with E-state index in [1.54, 1.807) is 0 Å². The van der Waals surface area contributed by atoms with Gasteiger partial charge in [-0.3, -0.25) is 9.69 Å². The lowest BCUT2D eigenvalue weighted by atomic mass is 10.0. The Hall–Kier alpha value is -2.70. The largest absolute Gasteiger partial charge is 0.324 e. The van der Waals surface area contributed by atoms with Crippen LogP contribution in [0.1, 0.15) is 22.7 Å². The van der Waals surface area contributed by atoms with Gasteiger partial charge in [-0.25, -0.2) is 8.42 Å². The molecule has 1 atom stereocenters. The summed E-state index contributed by atoms with van der Waals surface area (Å²) in [7, 11) is -3.02. The van der Waals surface area contributed by atoms with Crippen LogP contribution in [0.4, 0.5) is 5.69 Å². The first kappa shape index (κ1) is 19.3. The Morgan fingerprint density at radius 1 is 0.867 bits per heavy atom. The smallest absolute Gasteiger partial charge is 0.246 e. The molecule has 2 aliphatic rings. The predicted octanol–water partition coefficient (Wildman–Crippen LogP) is 3.35. The molecule has 3 aromatic carbocycles. The van der Waals surface area contributed by atoms with Gasteiger partial charge >= 0.3 is 0 Å². The lowest BCUT2D eigenvalue weighted by Crippen LogP contribution is -2.46. The number of aryl methyl sites for hydroxylation is 2.